The highest BCUT2D eigenvalue weighted by Gasteiger charge is 2.16. The van der Waals surface area contributed by atoms with Crippen molar-refractivity contribution in [1.29, 1.82) is 0 Å². The van der Waals surface area contributed by atoms with Crippen LogP contribution in [0.1, 0.15) is 49.3 Å². The van der Waals surface area contributed by atoms with E-state index in [0.29, 0.717) is 5.56 Å². The molecule has 0 radical (unpaired) electrons. The summed E-state index contributed by atoms with van der Waals surface area (Å²) in [5.74, 6) is 5.84. The first kappa shape index (κ1) is 20.1. The first-order chi connectivity index (χ1) is 13.4. The zero-order valence-electron chi connectivity index (χ0n) is 14.6. The van der Waals surface area contributed by atoms with E-state index in [9.17, 15) is 15.0 Å². The van der Waals surface area contributed by atoms with Crippen LogP contribution in [0.3, 0.4) is 0 Å². The molecule has 0 heterocycles. The Bertz CT molecular complexity index is 1000. The maximum Gasteiger partial charge on any atom is 0.193 e. The number of rotatable bonds is 4. The minimum atomic E-state index is -1.31. The number of alkyl halides is 2. The Morgan fingerprint density at radius 1 is 0.714 bits per heavy atom. The minimum Gasteiger partial charge on any atom is -0.373 e. The maximum atomic E-state index is 12.8. The lowest BCUT2D eigenvalue weighted by molar-refractivity contribution is 0.103. The van der Waals surface area contributed by atoms with E-state index in [-0.39, 0.29) is 22.5 Å². The molecule has 0 spiro atoms. The lowest BCUT2D eigenvalue weighted by Gasteiger charge is -2.11. The molecule has 140 valence electrons. The fraction of sp³-hybridized carbons (Fsp3) is 0.0870. The molecule has 3 aromatic carbocycles. The Hall–Kier alpha value is -2.61. The fourth-order valence-corrected chi connectivity index (χ4v) is 2.87. The second-order valence-corrected chi connectivity index (χ2v) is 6.91. The lowest BCUT2D eigenvalue weighted by atomic mass is 9.98. The van der Waals surface area contributed by atoms with Gasteiger partial charge in [-0.25, -0.2) is 0 Å². The van der Waals surface area contributed by atoms with E-state index in [0.717, 1.165) is 11.1 Å². The van der Waals surface area contributed by atoms with Crippen molar-refractivity contribution in [2.24, 2.45) is 0 Å². The van der Waals surface area contributed by atoms with Gasteiger partial charge in [0.25, 0.3) is 0 Å². The Balaban J connectivity index is 1.86. The van der Waals surface area contributed by atoms with Gasteiger partial charge in [0.15, 0.2) is 16.9 Å². The van der Waals surface area contributed by atoms with Crippen LogP contribution in [0, 0.1) is 11.8 Å². The highest BCUT2D eigenvalue weighted by Crippen LogP contribution is 2.26. The highest BCUT2D eigenvalue weighted by molar-refractivity contribution is 6.20. The zero-order chi connectivity index (χ0) is 20.1. The number of ketones is 1. The minimum absolute atomic E-state index is 0.273. The van der Waals surface area contributed by atoms with Gasteiger partial charge in [-0.05, 0) is 65.7 Å². The average Bonchev–Trinajstić information content (AvgIpc) is 2.72. The normalized spacial score (nSPS) is 12.6. The molecular formula is C23H16Cl2O3. The molecule has 0 aliphatic heterocycles. The number of aliphatic hydroxyl groups excluding tert-OH is 2. The van der Waals surface area contributed by atoms with Gasteiger partial charge >= 0.3 is 0 Å². The van der Waals surface area contributed by atoms with E-state index in [1.165, 1.54) is 18.2 Å². The molecule has 3 rings (SSSR count). The van der Waals surface area contributed by atoms with Gasteiger partial charge in [0, 0.05) is 22.3 Å². The van der Waals surface area contributed by atoms with Crippen molar-refractivity contribution in [3.05, 3.63) is 106 Å². The van der Waals surface area contributed by atoms with Crippen molar-refractivity contribution in [3.63, 3.8) is 0 Å². The van der Waals surface area contributed by atoms with E-state index < -0.39 is 11.1 Å². The molecule has 2 unspecified atom stereocenters. The Kier molecular flexibility index (Phi) is 6.51. The third kappa shape index (κ3) is 5.01. The van der Waals surface area contributed by atoms with Crippen molar-refractivity contribution in [3.8, 4) is 11.8 Å². The average molecular weight is 411 g/mol. The summed E-state index contributed by atoms with van der Waals surface area (Å²) in [7, 11) is 0. The smallest absolute Gasteiger partial charge is 0.193 e. The van der Waals surface area contributed by atoms with Crippen molar-refractivity contribution in [2.75, 3.05) is 0 Å². The molecule has 0 bridgehead atoms. The van der Waals surface area contributed by atoms with Crippen LogP contribution in [-0.2, 0) is 0 Å². The van der Waals surface area contributed by atoms with Crippen LogP contribution in [0.5, 0.6) is 0 Å². The standard InChI is InChI=1S/C23H16Cl2O3/c24-22(27)19-12-18(13-20(14-19)23(25)28)21(26)17-10-8-16(9-11-17)7-6-15-4-2-1-3-5-15/h1-5,8-14,22-23,27-28H. The summed E-state index contributed by atoms with van der Waals surface area (Å²) in [5.41, 5.74) is 0.361. The molecule has 28 heavy (non-hydrogen) atoms. The summed E-state index contributed by atoms with van der Waals surface area (Å²) in [6.07, 6.45) is 0. The van der Waals surface area contributed by atoms with Gasteiger partial charge in [-0.2, -0.15) is 0 Å². The molecule has 0 aromatic heterocycles. The third-order valence-corrected chi connectivity index (χ3v) is 4.57. The quantitative estimate of drug-likeness (QED) is 0.369. The summed E-state index contributed by atoms with van der Waals surface area (Å²) < 4.78 is 0. The maximum absolute atomic E-state index is 12.8. The molecule has 0 aliphatic carbocycles. The molecule has 3 aromatic rings. The molecule has 0 fully saturated rings. The molecule has 2 atom stereocenters. The van der Waals surface area contributed by atoms with Gasteiger partial charge in [-0.3, -0.25) is 4.79 Å². The van der Waals surface area contributed by atoms with E-state index >= 15 is 0 Å². The largest absolute Gasteiger partial charge is 0.373 e. The van der Waals surface area contributed by atoms with Gasteiger partial charge in [-0.1, -0.05) is 53.2 Å². The van der Waals surface area contributed by atoms with Crippen molar-refractivity contribution >= 4 is 29.0 Å². The summed E-state index contributed by atoms with van der Waals surface area (Å²) in [5, 5.41) is 19.2. The summed E-state index contributed by atoms with van der Waals surface area (Å²) in [6.45, 7) is 0. The van der Waals surface area contributed by atoms with Crippen LogP contribution in [0.15, 0.2) is 72.8 Å². The summed E-state index contributed by atoms with van der Waals surface area (Å²) >= 11 is 11.4. The molecule has 0 saturated carbocycles. The van der Waals surface area contributed by atoms with Crippen LogP contribution >= 0.6 is 23.2 Å². The fourth-order valence-electron chi connectivity index (χ4n) is 2.62. The van der Waals surface area contributed by atoms with E-state index in [4.69, 9.17) is 23.2 Å². The topological polar surface area (TPSA) is 57.5 Å². The Morgan fingerprint density at radius 3 is 1.71 bits per heavy atom. The van der Waals surface area contributed by atoms with Crippen LogP contribution in [0.2, 0.25) is 0 Å². The summed E-state index contributed by atoms with van der Waals surface area (Å²) in [6, 6.07) is 20.9. The number of hydrogen-bond donors (Lipinski definition) is 2. The molecule has 3 nitrogen and oxygen atoms in total. The molecule has 0 amide bonds. The number of carbonyl (C=O) groups excluding carboxylic acids is 1. The number of aliphatic hydroxyl groups is 2. The van der Waals surface area contributed by atoms with Gasteiger partial charge in [-0.15, -0.1) is 0 Å². The highest BCUT2D eigenvalue weighted by atomic mass is 35.5. The zero-order valence-corrected chi connectivity index (χ0v) is 16.2. The van der Waals surface area contributed by atoms with Gasteiger partial charge in [0.2, 0.25) is 0 Å². The van der Waals surface area contributed by atoms with Crippen molar-refractivity contribution < 1.29 is 15.0 Å². The number of hydrogen-bond acceptors (Lipinski definition) is 3. The predicted octanol–water partition coefficient (Wildman–Crippen LogP) is 4.78. The van der Waals surface area contributed by atoms with E-state index in [1.807, 2.05) is 30.3 Å². The van der Waals surface area contributed by atoms with Crippen molar-refractivity contribution in [1.82, 2.24) is 0 Å². The van der Waals surface area contributed by atoms with Gasteiger partial charge < -0.3 is 10.2 Å². The Labute approximate surface area is 173 Å². The van der Waals surface area contributed by atoms with Crippen molar-refractivity contribution in [2.45, 2.75) is 11.1 Å². The molecular weight excluding hydrogens is 395 g/mol. The number of carbonyl (C=O) groups is 1. The second kappa shape index (κ2) is 9.05. The molecule has 5 heteroatoms. The van der Waals surface area contributed by atoms with E-state index in [2.05, 4.69) is 11.8 Å². The predicted molar refractivity (Wildman–Crippen MR) is 110 cm³/mol. The molecule has 2 N–H and O–H groups in total. The van der Waals surface area contributed by atoms with Crippen LogP contribution < -0.4 is 0 Å². The van der Waals surface area contributed by atoms with E-state index in [1.54, 1.807) is 24.3 Å². The van der Waals surface area contributed by atoms with Crippen LogP contribution in [-0.4, -0.2) is 16.0 Å². The first-order valence-electron chi connectivity index (χ1n) is 8.45. The number of halogens is 2. The van der Waals surface area contributed by atoms with Crippen LogP contribution in [0.25, 0.3) is 0 Å². The lowest BCUT2D eigenvalue weighted by Crippen LogP contribution is -2.05. The van der Waals surface area contributed by atoms with Gasteiger partial charge in [0.05, 0.1) is 0 Å². The van der Waals surface area contributed by atoms with Crippen LogP contribution in [0.4, 0.5) is 0 Å². The monoisotopic (exact) mass is 410 g/mol. The SMILES string of the molecule is O=C(c1ccc(C#Cc2ccccc2)cc1)c1cc(C(O)Cl)cc(C(O)Cl)c1. The first-order valence-corrected chi connectivity index (χ1v) is 9.32. The van der Waals surface area contributed by atoms with Gasteiger partial charge in [0.1, 0.15) is 0 Å². The third-order valence-electron chi connectivity index (χ3n) is 4.06. The number of benzene rings is 3. The Morgan fingerprint density at radius 2 is 1.21 bits per heavy atom. The molecule has 0 aliphatic rings. The second-order valence-electron chi connectivity index (χ2n) is 6.08. The summed E-state index contributed by atoms with van der Waals surface area (Å²) in [4.78, 5) is 12.8. The molecule has 0 saturated heterocycles.